The minimum absolute atomic E-state index is 0.134. The van der Waals surface area contributed by atoms with Gasteiger partial charge in [0, 0.05) is 12.8 Å². The number of unbranched alkanes of at least 4 members (excludes halogenated alkanes) is 10. The molecule has 0 aliphatic rings. The van der Waals surface area contributed by atoms with Gasteiger partial charge < -0.3 is 33.3 Å². The molecule has 58 heavy (non-hydrogen) atoms. The SMILES string of the molecule is CC/C=C\C/C=C\C/C=C\C/C=C\C/C=C\CCCCCC(=O)OC(COC(=O)CCCCCCC/C=C\C/C=C\CCCC)COC(OCC[N+](C)(C)C)C(=O)[O-]. The summed E-state index contributed by atoms with van der Waals surface area (Å²) in [5, 5.41) is 11.7. The quantitative estimate of drug-likeness (QED) is 0.0198. The molecule has 0 aromatic rings. The lowest BCUT2D eigenvalue weighted by atomic mass is 10.1. The highest BCUT2D eigenvalue weighted by Crippen LogP contribution is 2.11. The van der Waals surface area contributed by atoms with Crippen molar-refractivity contribution in [1.29, 1.82) is 0 Å². The van der Waals surface area contributed by atoms with E-state index in [9.17, 15) is 19.5 Å². The molecular formula is C49H81NO8. The van der Waals surface area contributed by atoms with Crippen LogP contribution in [-0.2, 0) is 33.3 Å². The summed E-state index contributed by atoms with van der Waals surface area (Å²) in [6, 6.07) is 0. The minimum Gasteiger partial charge on any atom is -0.545 e. The minimum atomic E-state index is -1.64. The van der Waals surface area contributed by atoms with E-state index in [1.165, 1.54) is 12.8 Å². The normalized spacial score (nSPS) is 13.7. The molecule has 9 nitrogen and oxygen atoms in total. The molecule has 2 atom stereocenters. The highest BCUT2D eigenvalue weighted by atomic mass is 16.7. The molecule has 0 aliphatic heterocycles. The van der Waals surface area contributed by atoms with E-state index in [0.29, 0.717) is 23.9 Å². The number of hydrogen-bond donors (Lipinski definition) is 0. The molecule has 0 N–H and O–H groups in total. The molecule has 0 aromatic carbocycles. The van der Waals surface area contributed by atoms with Crippen molar-refractivity contribution >= 4 is 17.9 Å². The van der Waals surface area contributed by atoms with Gasteiger partial charge in [0.2, 0.25) is 0 Å². The number of carboxylic acid groups (broad SMARTS) is 1. The number of rotatable bonds is 39. The van der Waals surface area contributed by atoms with Crippen LogP contribution < -0.4 is 5.11 Å². The second kappa shape index (κ2) is 40.3. The number of nitrogens with zero attached hydrogens (tertiary/aromatic N) is 1. The second-order valence-corrected chi connectivity index (χ2v) is 15.6. The maximum Gasteiger partial charge on any atom is 0.306 e. The van der Waals surface area contributed by atoms with Crippen molar-refractivity contribution in [3.8, 4) is 0 Å². The number of carboxylic acids is 1. The van der Waals surface area contributed by atoms with Crippen molar-refractivity contribution in [3.05, 3.63) is 85.1 Å². The number of likely N-dealkylation sites (N-methyl/N-ethyl adjacent to an activating group) is 1. The molecule has 0 saturated heterocycles. The molecule has 0 radical (unpaired) electrons. The molecule has 0 rings (SSSR count). The zero-order valence-electron chi connectivity index (χ0n) is 37.1. The maximum absolute atomic E-state index is 12.7. The number of quaternary nitrogens is 1. The summed E-state index contributed by atoms with van der Waals surface area (Å²) >= 11 is 0. The van der Waals surface area contributed by atoms with E-state index in [1.54, 1.807) is 0 Å². The number of ether oxygens (including phenoxy) is 4. The van der Waals surface area contributed by atoms with E-state index in [1.807, 2.05) is 21.1 Å². The Morgan fingerprint density at radius 1 is 0.534 bits per heavy atom. The van der Waals surface area contributed by atoms with Crippen molar-refractivity contribution in [2.24, 2.45) is 0 Å². The molecule has 9 heteroatoms. The number of carbonyl (C=O) groups excluding carboxylic acids is 3. The molecule has 0 aliphatic carbocycles. The summed E-state index contributed by atoms with van der Waals surface area (Å²) in [5.41, 5.74) is 0. The standard InChI is InChI=1S/C49H81NO8/c1-6-8-10-12-14-16-18-20-22-23-24-25-26-28-30-32-34-36-38-40-47(52)58-45(44-57-49(48(53)54)55-42-41-50(3,4)5)43-56-46(51)39-37-35-33-31-29-27-21-19-17-15-13-11-9-7-2/h8,10,13-16,19-22,24-25,28,30,45,49H,6-7,9,11-12,17-18,23,26-27,29,31-44H2,1-5H3/b10-8-,15-13-,16-14-,21-19-,22-20-,25-24-,30-28-. The fraction of sp³-hybridized carbons (Fsp3) is 0.653. The fourth-order valence-corrected chi connectivity index (χ4v) is 5.40. The van der Waals surface area contributed by atoms with Crippen LogP contribution >= 0.6 is 0 Å². The van der Waals surface area contributed by atoms with Gasteiger partial charge in [-0.2, -0.15) is 0 Å². The van der Waals surface area contributed by atoms with Crippen LogP contribution in [0.3, 0.4) is 0 Å². The second-order valence-electron chi connectivity index (χ2n) is 15.6. The van der Waals surface area contributed by atoms with E-state index in [0.717, 1.165) is 96.3 Å². The van der Waals surface area contributed by atoms with Gasteiger partial charge in [-0.3, -0.25) is 9.59 Å². The van der Waals surface area contributed by atoms with E-state index in [2.05, 4.69) is 98.9 Å². The molecule has 0 spiro atoms. The first-order valence-electron chi connectivity index (χ1n) is 22.2. The number of allylic oxidation sites excluding steroid dienone is 14. The first-order valence-corrected chi connectivity index (χ1v) is 22.2. The van der Waals surface area contributed by atoms with E-state index in [-0.39, 0.29) is 38.6 Å². The molecule has 0 bridgehead atoms. The number of hydrogen-bond acceptors (Lipinski definition) is 8. The van der Waals surface area contributed by atoms with Crippen molar-refractivity contribution in [3.63, 3.8) is 0 Å². The third-order valence-corrected chi connectivity index (χ3v) is 8.88. The van der Waals surface area contributed by atoms with Gasteiger partial charge in [-0.05, 0) is 83.5 Å². The fourth-order valence-electron chi connectivity index (χ4n) is 5.40. The summed E-state index contributed by atoms with van der Waals surface area (Å²) in [4.78, 5) is 37.0. The van der Waals surface area contributed by atoms with Crippen molar-refractivity contribution in [1.82, 2.24) is 0 Å². The third kappa shape index (κ3) is 40.7. The largest absolute Gasteiger partial charge is 0.545 e. The predicted molar refractivity (Wildman–Crippen MR) is 237 cm³/mol. The Morgan fingerprint density at radius 3 is 1.48 bits per heavy atom. The lowest BCUT2D eigenvalue weighted by molar-refractivity contribution is -0.870. The lowest BCUT2D eigenvalue weighted by Crippen LogP contribution is -2.44. The van der Waals surface area contributed by atoms with Crippen LogP contribution in [0.4, 0.5) is 0 Å². The Hall–Kier alpha value is -3.53. The monoisotopic (exact) mass is 812 g/mol. The average molecular weight is 812 g/mol. The molecule has 330 valence electrons. The Labute approximate surface area is 353 Å². The van der Waals surface area contributed by atoms with Crippen molar-refractivity contribution < 1.29 is 42.9 Å². The predicted octanol–water partition coefficient (Wildman–Crippen LogP) is 10.4. The molecular weight excluding hydrogens is 731 g/mol. The van der Waals surface area contributed by atoms with Gasteiger partial charge >= 0.3 is 11.9 Å². The van der Waals surface area contributed by atoms with E-state index in [4.69, 9.17) is 18.9 Å². The number of aliphatic carboxylic acids is 1. The van der Waals surface area contributed by atoms with Gasteiger partial charge in [0.1, 0.15) is 13.2 Å². The molecule has 0 aromatic heterocycles. The van der Waals surface area contributed by atoms with Crippen LogP contribution in [0.1, 0.15) is 149 Å². The maximum atomic E-state index is 12.7. The number of carbonyl (C=O) groups is 3. The number of esters is 2. The van der Waals surface area contributed by atoms with Crippen molar-refractivity contribution in [2.75, 3.05) is 47.5 Å². The molecule has 2 unspecified atom stereocenters. The van der Waals surface area contributed by atoms with Crippen LogP contribution in [0.25, 0.3) is 0 Å². The van der Waals surface area contributed by atoms with Crippen LogP contribution in [0.2, 0.25) is 0 Å². The highest BCUT2D eigenvalue weighted by Gasteiger charge is 2.21. The first kappa shape index (κ1) is 54.5. The van der Waals surface area contributed by atoms with Crippen LogP contribution in [-0.4, -0.2) is 82.3 Å². The average Bonchev–Trinajstić information content (AvgIpc) is 3.18. The van der Waals surface area contributed by atoms with Gasteiger partial charge in [0.25, 0.3) is 0 Å². The van der Waals surface area contributed by atoms with Crippen LogP contribution in [0.5, 0.6) is 0 Å². The van der Waals surface area contributed by atoms with E-state index < -0.39 is 24.3 Å². The lowest BCUT2D eigenvalue weighted by Gasteiger charge is -2.26. The topological polar surface area (TPSA) is 111 Å². The summed E-state index contributed by atoms with van der Waals surface area (Å²) in [6.45, 7) is 4.50. The zero-order chi connectivity index (χ0) is 42.8. The Morgan fingerprint density at radius 2 is 0.983 bits per heavy atom. The van der Waals surface area contributed by atoms with Crippen LogP contribution in [0.15, 0.2) is 85.1 Å². The van der Waals surface area contributed by atoms with Gasteiger partial charge in [-0.1, -0.05) is 137 Å². The highest BCUT2D eigenvalue weighted by molar-refractivity contribution is 5.70. The molecule has 0 amide bonds. The first-order chi connectivity index (χ1) is 28.1. The summed E-state index contributed by atoms with van der Waals surface area (Å²) in [6.07, 6.45) is 47.5. The smallest absolute Gasteiger partial charge is 0.306 e. The van der Waals surface area contributed by atoms with Gasteiger partial charge in [0.05, 0.1) is 40.3 Å². The zero-order valence-corrected chi connectivity index (χ0v) is 37.1. The summed E-state index contributed by atoms with van der Waals surface area (Å²) in [5.74, 6) is -2.36. The van der Waals surface area contributed by atoms with Gasteiger partial charge in [0.15, 0.2) is 12.4 Å². The van der Waals surface area contributed by atoms with Gasteiger partial charge in [-0.15, -0.1) is 0 Å². The summed E-state index contributed by atoms with van der Waals surface area (Å²) < 4.78 is 22.5. The Kier molecular flexibility index (Phi) is 37.8. The molecule has 0 saturated carbocycles. The molecule has 0 fully saturated rings. The Balaban J connectivity index is 4.56. The third-order valence-electron chi connectivity index (χ3n) is 8.88. The Bertz CT molecular complexity index is 1220. The van der Waals surface area contributed by atoms with Crippen molar-refractivity contribution in [2.45, 2.75) is 161 Å². The molecule has 0 heterocycles. The van der Waals surface area contributed by atoms with E-state index >= 15 is 0 Å². The van der Waals surface area contributed by atoms with Gasteiger partial charge in [-0.25, -0.2) is 0 Å². The summed E-state index contributed by atoms with van der Waals surface area (Å²) in [7, 11) is 5.88. The van der Waals surface area contributed by atoms with Crippen LogP contribution in [0, 0.1) is 0 Å².